The monoisotopic (exact) mass is 319 g/mol. The van der Waals surface area contributed by atoms with Crippen LogP contribution in [-0.4, -0.2) is 45.5 Å². The predicted molar refractivity (Wildman–Crippen MR) is 94.6 cm³/mol. The van der Waals surface area contributed by atoms with E-state index in [1.54, 1.807) is 0 Å². The maximum atomic E-state index is 5.85. The Morgan fingerprint density at radius 2 is 1.90 bits per heavy atom. The average Bonchev–Trinajstić information content (AvgIpc) is 2.32. The van der Waals surface area contributed by atoms with Gasteiger partial charge in [0.1, 0.15) is 0 Å². The van der Waals surface area contributed by atoms with Crippen LogP contribution in [0.2, 0.25) is 0 Å². The molecule has 0 aliphatic rings. The fourth-order valence-electron chi connectivity index (χ4n) is 2.21. The highest BCUT2D eigenvalue weighted by Crippen LogP contribution is 2.23. The average molecular weight is 320 g/mol. The van der Waals surface area contributed by atoms with Crippen LogP contribution in [0.25, 0.3) is 0 Å². The third kappa shape index (κ3) is 13.1. The largest absolute Gasteiger partial charge is 0.379 e. The maximum Gasteiger partial charge on any atom is 0.0853 e. The second-order valence-electron chi connectivity index (χ2n) is 6.78. The first-order valence-electron chi connectivity index (χ1n) is 7.83. The highest BCUT2D eigenvalue weighted by molar-refractivity contribution is 5.85. The molecule has 0 rings (SSSR count). The molecule has 0 aromatic rings. The molecule has 0 radical (unpaired) electrons. The maximum absolute atomic E-state index is 5.85. The van der Waals surface area contributed by atoms with Crippen molar-refractivity contribution in [1.82, 2.24) is 5.43 Å². The van der Waals surface area contributed by atoms with E-state index in [0.717, 1.165) is 37.2 Å². The molecule has 0 saturated carbocycles. The van der Waals surface area contributed by atoms with Crippen molar-refractivity contribution in [3.05, 3.63) is 17.9 Å². The van der Waals surface area contributed by atoms with Crippen molar-refractivity contribution in [3.63, 3.8) is 0 Å². The van der Waals surface area contributed by atoms with Gasteiger partial charge in [-0.2, -0.15) is 5.43 Å². The summed E-state index contributed by atoms with van der Waals surface area (Å²) in [6.45, 7) is 13.0. The lowest BCUT2D eigenvalue weighted by Gasteiger charge is -2.24. The van der Waals surface area contributed by atoms with Crippen molar-refractivity contribution in [2.45, 2.75) is 40.0 Å². The lowest BCUT2D eigenvalue weighted by molar-refractivity contribution is -0.915. The van der Waals surface area contributed by atoms with Gasteiger partial charge in [-0.15, -0.1) is 18.1 Å². The Kier molecular flexibility index (Phi) is 13.4. The summed E-state index contributed by atoms with van der Waals surface area (Å²) < 4.78 is 6.60. The van der Waals surface area contributed by atoms with E-state index < -0.39 is 0 Å². The van der Waals surface area contributed by atoms with Crippen molar-refractivity contribution >= 4 is 12.4 Å². The molecule has 0 aromatic carbocycles. The van der Waals surface area contributed by atoms with Crippen molar-refractivity contribution in [2.75, 3.05) is 40.9 Å². The first-order chi connectivity index (χ1) is 9.30. The summed E-state index contributed by atoms with van der Waals surface area (Å²) in [4.78, 5) is 0. The Hall–Kier alpha value is -0.310. The lowest BCUT2D eigenvalue weighted by Crippen LogP contribution is -2.49. The number of hydrogen-bond donors (Lipinski definition) is 1. The zero-order chi connectivity index (χ0) is 15.6. The Morgan fingerprint density at radius 3 is 2.33 bits per heavy atom. The fourth-order valence-corrected chi connectivity index (χ4v) is 2.21. The van der Waals surface area contributed by atoms with E-state index in [1.165, 1.54) is 12.0 Å². The van der Waals surface area contributed by atoms with Gasteiger partial charge in [-0.3, -0.25) is 4.59 Å². The molecule has 0 aliphatic carbocycles. The van der Waals surface area contributed by atoms with Crippen LogP contribution < -0.4 is 5.43 Å². The standard InChI is InChI=1S/C17H35N2O.ClH/c1-8-10-17(16(9-2)13-15(3)4)14-20-12-11-18-19(5,6)7;/h15,17-18H,2,8,10-14H2,1,3-7H3;1H/q+1;. The van der Waals surface area contributed by atoms with Gasteiger partial charge in [0.05, 0.1) is 40.9 Å². The second kappa shape index (κ2) is 12.3. The van der Waals surface area contributed by atoms with Crippen LogP contribution in [0.15, 0.2) is 17.9 Å². The predicted octanol–water partition coefficient (Wildman–Crippen LogP) is 3.81. The molecule has 0 amide bonds. The summed E-state index contributed by atoms with van der Waals surface area (Å²) in [5.74, 6) is 1.13. The van der Waals surface area contributed by atoms with Crippen LogP contribution in [0.4, 0.5) is 0 Å². The minimum Gasteiger partial charge on any atom is -0.379 e. The van der Waals surface area contributed by atoms with Crippen LogP contribution in [0.3, 0.4) is 0 Å². The quantitative estimate of drug-likeness (QED) is 0.271. The van der Waals surface area contributed by atoms with Gasteiger partial charge in [-0.25, -0.2) is 0 Å². The zero-order valence-corrected chi connectivity index (χ0v) is 15.7. The van der Waals surface area contributed by atoms with Gasteiger partial charge in [0, 0.05) is 5.92 Å². The third-order valence-corrected chi connectivity index (χ3v) is 3.14. The molecular weight excluding hydrogens is 284 g/mol. The minimum absolute atomic E-state index is 0. The molecule has 0 aromatic heterocycles. The Morgan fingerprint density at radius 1 is 1.29 bits per heavy atom. The van der Waals surface area contributed by atoms with E-state index in [2.05, 4.69) is 59.7 Å². The zero-order valence-electron chi connectivity index (χ0n) is 14.9. The second-order valence-corrected chi connectivity index (χ2v) is 6.78. The number of rotatable bonds is 11. The summed E-state index contributed by atoms with van der Waals surface area (Å²) >= 11 is 0. The van der Waals surface area contributed by atoms with Gasteiger partial charge < -0.3 is 4.74 Å². The Balaban J connectivity index is 0. The number of nitrogens with zero attached hydrogens (tertiary/aromatic N) is 1. The molecule has 0 aliphatic heterocycles. The molecular formula is C17H36ClN2O+. The summed E-state index contributed by atoms with van der Waals surface area (Å²) in [7, 11) is 6.34. The van der Waals surface area contributed by atoms with E-state index in [0.29, 0.717) is 11.8 Å². The molecule has 0 spiro atoms. The molecule has 1 atom stereocenters. The van der Waals surface area contributed by atoms with E-state index in [1.807, 2.05) is 0 Å². The molecule has 1 N–H and O–H groups in total. The number of ether oxygens (including phenoxy) is 1. The van der Waals surface area contributed by atoms with Crippen molar-refractivity contribution in [3.8, 4) is 0 Å². The first-order valence-corrected chi connectivity index (χ1v) is 7.83. The van der Waals surface area contributed by atoms with E-state index in [4.69, 9.17) is 4.74 Å². The van der Waals surface area contributed by atoms with Gasteiger partial charge in [-0.05, 0) is 24.3 Å². The SMILES string of the molecule is C=C=C(CC(C)C)C(CCC)COCCN[N+](C)(C)C.Cl. The lowest BCUT2D eigenvalue weighted by atomic mass is 9.89. The summed E-state index contributed by atoms with van der Waals surface area (Å²) in [5, 5.41) is 0. The minimum atomic E-state index is 0. The summed E-state index contributed by atoms with van der Waals surface area (Å²) in [5.41, 5.74) is 7.87. The smallest absolute Gasteiger partial charge is 0.0853 e. The van der Waals surface area contributed by atoms with E-state index >= 15 is 0 Å². The van der Waals surface area contributed by atoms with Gasteiger partial charge >= 0.3 is 0 Å². The van der Waals surface area contributed by atoms with Crippen LogP contribution >= 0.6 is 12.4 Å². The van der Waals surface area contributed by atoms with Gasteiger partial charge in [0.2, 0.25) is 0 Å². The Labute approximate surface area is 138 Å². The number of halogens is 1. The summed E-state index contributed by atoms with van der Waals surface area (Å²) in [6.07, 6.45) is 3.41. The highest BCUT2D eigenvalue weighted by Gasteiger charge is 2.15. The molecule has 21 heavy (non-hydrogen) atoms. The van der Waals surface area contributed by atoms with Crippen LogP contribution in [0, 0.1) is 11.8 Å². The van der Waals surface area contributed by atoms with Gasteiger partial charge in [0.15, 0.2) is 0 Å². The van der Waals surface area contributed by atoms with Crippen molar-refractivity contribution in [1.29, 1.82) is 0 Å². The van der Waals surface area contributed by atoms with Crippen LogP contribution in [0.1, 0.15) is 40.0 Å². The van der Waals surface area contributed by atoms with Crippen LogP contribution in [0.5, 0.6) is 0 Å². The molecule has 126 valence electrons. The molecule has 4 heteroatoms. The fraction of sp³-hybridized carbons (Fsp3) is 0.824. The molecule has 0 saturated heterocycles. The molecule has 0 fully saturated rings. The molecule has 1 unspecified atom stereocenters. The number of quaternary nitrogens is 1. The number of hydrogen-bond acceptors (Lipinski definition) is 2. The third-order valence-electron chi connectivity index (χ3n) is 3.14. The first kappa shape index (κ1) is 23.0. The molecule has 0 heterocycles. The van der Waals surface area contributed by atoms with Crippen LogP contribution in [-0.2, 0) is 4.74 Å². The molecule has 3 nitrogen and oxygen atoms in total. The summed E-state index contributed by atoms with van der Waals surface area (Å²) in [6, 6.07) is 0. The Bertz CT molecular complexity index is 304. The van der Waals surface area contributed by atoms with E-state index in [9.17, 15) is 0 Å². The normalized spacial score (nSPS) is 12.7. The van der Waals surface area contributed by atoms with Crippen molar-refractivity contribution < 1.29 is 9.33 Å². The van der Waals surface area contributed by atoms with Crippen molar-refractivity contribution in [2.24, 2.45) is 11.8 Å². The highest BCUT2D eigenvalue weighted by atomic mass is 35.5. The number of nitrogens with one attached hydrogen (secondary N) is 1. The topological polar surface area (TPSA) is 21.3 Å². The molecule has 0 bridgehead atoms. The van der Waals surface area contributed by atoms with Gasteiger partial charge in [-0.1, -0.05) is 33.8 Å². The van der Waals surface area contributed by atoms with Gasteiger partial charge in [0.25, 0.3) is 0 Å². The van der Waals surface area contributed by atoms with E-state index in [-0.39, 0.29) is 12.4 Å².